The predicted octanol–water partition coefficient (Wildman–Crippen LogP) is 2.41. The third kappa shape index (κ3) is 5.62. The minimum absolute atomic E-state index is 0.311. The van der Waals surface area contributed by atoms with Crippen LogP contribution in [0.2, 0.25) is 0 Å². The first-order chi connectivity index (χ1) is 17.5. The molecule has 9 nitrogen and oxygen atoms in total. The van der Waals surface area contributed by atoms with Crippen molar-refractivity contribution in [1.82, 2.24) is 34.5 Å². The van der Waals surface area contributed by atoms with E-state index in [1.165, 1.54) is 4.31 Å². The van der Waals surface area contributed by atoms with Gasteiger partial charge in [0.15, 0.2) is 5.82 Å². The van der Waals surface area contributed by atoms with Gasteiger partial charge in [0, 0.05) is 57.1 Å². The lowest BCUT2D eigenvalue weighted by Crippen LogP contribution is -2.46. The lowest BCUT2D eigenvalue weighted by Gasteiger charge is -2.26. The molecule has 0 radical (unpaired) electrons. The fourth-order valence-corrected chi connectivity index (χ4v) is 5.53. The Bertz CT molecular complexity index is 1450. The average molecular weight is 502 g/mol. The fourth-order valence-electron chi connectivity index (χ4n) is 4.09. The van der Waals surface area contributed by atoms with Crippen LogP contribution >= 0.6 is 0 Å². The number of hydrogen-bond donors (Lipinski definition) is 1. The Hall–Kier alpha value is -3.60. The number of benzene rings is 1. The summed E-state index contributed by atoms with van der Waals surface area (Å²) < 4.78 is 27.3. The zero-order chi connectivity index (χ0) is 25.0. The largest absolute Gasteiger partial charge is 0.314 e. The SMILES string of the molecule is Cc1cccc(-c2nccc(Cc3ccnc(Cc4ccc(S(=O)(=O)N5CCNCC5)cc4)n3)n2)n1. The monoisotopic (exact) mass is 501 g/mol. The highest BCUT2D eigenvalue weighted by Crippen LogP contribution is 2.18. The highest BCUT2D eigenvalue weighted by Gasteiger charge is 2.25. The molecule has 1 fully saturated rings. The number of nitrogens with zero attached hydrogens (tertiary/aromatic N) is 6. The number of pyridine rings is 1. The van der Waals surface area contributed by atoms with Crippen LogP contribution in [0.15, 0.2) is 71.9 Å². The molecule has 3 aromatic heterocycles. The van der Waals surface area contributed by atoms with Crippen LogP contribution in [0, 0.1) is 6.92 Å². The van der Waals surface area contributed by atoms with Crippen molar-refractivity contribution in [1.29, 1.82) is 0 Å². The molecule has 10 heteroatoms. The molecule has 0 unspecified atom stereocenters. The van der Waals surface area contributed by atoms with E-state index in [1.54, 1.807) is 24.5 Å². The molecule has 0 atom stereocenters. The van der Waals surface area contributed by atoms with Gasteiger partial charge in [-0.25, -0.2) is 33.3 Å². The third-order valence-corrected chi connectivity index (χ3v) is 7.87. The second-order valence-electron chi connectivity index (χ2n) is 8.65. The molecule has 0 aliphatic carbocycles. The van der Waals surface area contributed by atoms with Gasteiger partial charge in [-0.3, -0.25) is 0 Å². The molecule has 1 N–H and O–H groups in total. The maximum absolute atomic E-state index is 12.9. The normalized spacial score (nSPS) is 14.6. The van der Waals surface area contributed by atoms with Crippen LogP contribution in [0.5, 0.6) is 0 Å². The molecule has 0 bridgehead atoms. The van der Waals surface area contributed by atoms with Crippen LogP contribution < -0.4 is 5.32 Å². The number of sulfonamides is 1. The van der Waals surface area contributed by atoms with Crippen LogP contribution in [0.4, 0.5) is 0 Å². The molecular weight excluding hydrogens is 474 g/mol. The van der Waals surface area contributed by atoms with Crippen LogP contribution in [0.3, 0.4) is 0 Å². The minimum Gasteiger partial charge on any atom is -0.314 e. The second-order valence-corrected chi connectivity index (χ2v) is 10.6. The molecule has 0 spiro atoms. The molecule has 1 aliphatic rings. The van der Waals surface area contributed by atoms with Crippen LogP contribution in [-0.4, -0.2) is 63.8 Å². The number of aromatic nitrogens is 5. The molecule has 1 saturated heterocycles. The number of rotatable bonds is 7. The third-order valence-electron chi connectivity index (χ3n) is 5.96. The number of hydrogen-bond acceptors (Lipinski definition) is 8. The number of aryl methyl sites for hydroxylation is 1. The Kier molecular flexibility index (Phi) is 7.08. The average Bonchev–Trinajstić information content (AvgIpc) is 2.90. The van der Waals surface area contributed by atoms with E-state index < -0.39 is 10.0 Å². The van der Waals surface area contributed by atoms with Gasteiger partial charge in [0.25, 0.3) is 0 Å². The van der Waals surface area contributed by atoms with Crippen molar-refractivity contribution in [2.45, 2.75) is 24.7 Å². The Labute approximate surface area is 210 Å². The topological polar surface area (TPSA) is 114 Å². The van der Waals surface area contributed by atoms with Gasteiger partial charge in [0.05, 0.1) is 16.3 Å². The summed E-state index contributed by atoms with van der Waals surface area (Å²) in [5.41, 5.74) is 4.29. The summed E-state index contributed by atoms with van der Waals surface area (Å²) in [6.45, 7) is 4.25. The summed E-state index contributed by atoms with van der Waals surface area (Å²) >= 11 is 0. The first-order valence-corrected chi connectivity index (χ1v) is 13.3. The quantitative estimate of drug-likeness (QED) is 0.411. The van der Waals surface area contributed by atoms with Gasteiger partial charge in [-0.15, -0.1) is 0 Å². The van der Waals surface area contributed by atoms with Gasteiger partial charge in [0.2, 0.25) is 10.0 Å². The molecule has 0 saturated carbocycles. The van der Waals surface area contributed by atoms with Gasteiger partial charge in [0.1, 0.15) is 11.5 Å². The minimum atomic E-state index is -3.47. The Morgan fingerprint density at radius 3 is 2.31 bits per heavy atom. The lowest BCUT2D eigenvalue weighted by atomic mass is 10.1. The molecule has 4 heterocycles. The predicted molar refractivity (Wildman–Crippen MR) is 136 cm³/mol. The summed E-state index contributed by atoms with van der Waals surface area (Å²) in [6.07, 6.45) is 4.52. The van der Waals surface area contributed by atoms with Crippen LogP contribution in [-0.2, 0) is 22.9 Å². The zero-order valence-electron chi connectivity index (χ0n) is 20.0. The standard InChI is InChI=1S/C26H27N7O2S/c1-19-3-2-4-24(30-19)26-29-12-10-22(32-26)18-21-9-11-28-25(31-21)17-20-5-7-23(8-6-20)36(34,35)33-15-13-27-14-16-33/h2-12,27H,13-18H2,1H3. The van der Waals surface area contributed by atoms with Crippen molar-refractivity contribution in [3.8, 4) is 11.5 Å². The highest BCUT2D eigenvalue weighted by atomic mass is 32.2. The van der Waals surface area contributed by atoms with E-state index in [4.69, 9.17) is 4.98 Å². The van der Waals surface area contributed by atoms with Crippen LogP contribution in [0.25, 0.3) is 11.5 Å². The van der Waals surface area contributed by atoms with E-state index in [0.717, 1.165) is 28.3 Å². The number of nitrogens with one attached hydrogen (secondary N) is 1. The van der Waals surface area contributed by atoms with Crippen molar-refractivity contribution in [3.05, 3.63) is 95.5 Å². The summed E-state index contributed by atoms with van der Waals surface area (Å²) in [4.78, 5) is 23.0. The molecular formula is C26H27N7O2S. The summed E-state index contributed by atoms with van der Waals surface area (Å²) in [7, 11) is -3.47. The van der Waals surface area contributed by atoms with Gasteiger partial charge in [-0.05, 0) is 48.9 Å². The smallest absolute Gasteiger partial charge is 0.243 e. The van der Waals surface area contributed by atoms with Gasteiger partial charge in [-0.2, -0.15) is 4.31 Å². The second kappa shape index (κ2) is 10.6. The van der Waals surface area contributed by atoms with Crippen molar-refractivity contribution < 1.29 is 8.42 Å². The first-order valence-electron chi connectivity index (χ1n) is 11.8. The van der Waals surface area contributed by atoms with Crippen LogP contribution in [0.1, 0.15) is 28.5 Å². The molecule has 1 aromatic carbocycles. The van der Waals surface area contributed by atoms with Crippen molar-refractivity contribution in [3.63, 3.8) is 0 Å². The summed E-state index contributed by atoms with van der Waals surface area (Å²) in [5, 5.41) is 3.18. The van der Waals surface area contributed by atoms with E-state index in [0.29, 0.717) is 55.6 Å². The van der Waals surface area contributed by atoms with Gasteiger partial charge >= 0.3 is 0 Å². The molecule has 1 aliphatic heterocycles. The first kappa shape index (κ1) is 24.1. The Balaban J connectivity index is 1.28. The summed E-state index contributed by atoms with van der Waals surface area (Å²) in [6, 6.07) is 16.5. The Morgan fingerprint density at radius 2 is 1.56 bits per heavy atom. The molecule has 4 aromatic rings. The number of piperazine rings is 1. The zero-order valence-corrected chi connectivity index (χ0v) is 20.8. The van der Waals surface area contributed by atoms with E-state index in [9.17, 15) is 8.42 Å². The fraction of sp³-hybridized carbons (Fsp3) is 0.269. The van der Waals surface area contributed by atoms with E-state index in [-0.39, 0.29) is 0 Å². The maximum Gasteiger partial charge on any atom is 0.243 e. The lowest BCUT2D eigenvalue weighted by molar-refractivity contribution is 0.360. The van der Waals surface area contributed by atoms with E-state index >= 15 is 0 Å². The van der Waals surface area contributed by atoms with E-state index in [1.807, 2.05) is 49.4 Å². The maximum atomic E-state index is 12.9. The van der Waals surface area contributed by atoms with Crippen molar-refractivity contribution >= 4 is 10.0 Å². The highest BCUT2D eigenvalue weighted by molar-refractivity contribution is 7.89. The molecule has 36 heavy (non-hydrogen) atoms. The molecule has 5 rings (SSSR count). The van der Waals surface area contributed by atoms with Crippen molar-refractivity contribution in [2.24, 2.45) is 0 Å². The van der Waals surface area contributed by atoms with E-state index in [2.05, 4.69) is 25.3 Å². The van der Waals surface area contributed by atoms with Gasteiger partial charge < -0.3 is 5.32 Å². The van der Waals surface area contributed by atoms with Crippen molar-refractivity contribution in [2.75, 3.05) is 26.2 Å². The van der Waals surface area contributed by atoms with Gasteiger partial charge in [-0.1, -0.05) is 18.2 Å². The Morgan fingerprint density at radius 1 is 0.833 bits per heavy atom. The summed E-state index contributed by atoms with van der Waals surface area (Å²) in [5.74, 6) is 1.25. The molecule has 184 valence electrons. The molecule has 0 amide bonds.